The fourth-order valence-electron chi connectivity index (χ4n) is 1.70. The van der Waals surface area contributed by atoms with Gasteiger partial charge in [-0.3, -0.25) is 4.90 Å². The molecule has 0 spiro atoms. The van der Waals surface area contributed by atoms with Crippen LogP contribution in [0.1, 0.15) is 18.6 Å². The molecule has 1 aromatic rings. The Balaban J connectivity index is 1.87. The Labute approximate surface area is 95.4 Å². The van der Waals surface area contributed by atoms with Gasteiger partial charge in [0.1, 0.15) is 12.0 Å². The van der Waals surface area contributed by atoms with Crippen LogP contribution in [0.4, 0.5) is 8.78 Å². The molecular weight excluding hydrogens is 268 g/mol. The minimum atomic E-state index is -2.47. The number of piperidine rings is 1. The molecule has 0 radical (unpaired) electrons. The van der Waals surface area contributed by atoms with Crippen molar-refractivity contribution in [2.75, 3.05) is 13.1 Å². The van der Waals surface area contributed by atoms with E-state index < -0.39 is 5.92 Å². The molecule has 0 N–H and O–H groups in total. The van der Waals surface area contributed by atoms with Gasteiger partial charge in [0.15, 0.2) is 0 Å². The van der Waals surface area contributed by atoms with Gasteiger partial charge in [-0.15, -0.1) is 0 Å². The van der Waals surface area contributed by atoms with Gasteiger partial charge in [-0.1, -0.05) is 0 Å². The molecule has 0 unspecified atom stereocenters. The number of nitrogens with zero attached hydrogens (tertiary/aromatic N) is 1. The van der Waals surface area contributed by atoms with Gasteiger partial charge < -0.3 is 4.42 Å². The molecule has 15 heavy (non-hydrogen) atoms. The third kappa shape index (κ3) is 3.01. The number of hydrogen-bond donors (Lipinski definition) is 0. The molecule has 2 nitrogen and oxygen atoms in total. The molecule has 0 aromatic carbocycles. The smallest absolute Gasteiger partial charge is 0.250 e. The lowest BCUT2D eigenvalue weighted by Gasteiger charge is -2.30. The van der Waals surface area contributed by atoms with Crippen LogP contribution < -0.4 is 0 Å². The predicted molar refractivity (Wildman–Crippen MR) is 55.9 cm³/mol. The highest BCUT2D eigenvalue weighted by Crippen LogP contribution is 2.28. The average Bonchev–Trinajstić information content (AvgIpc) is 2.55. The minimum Gasteiger partial charge on any atom is -0.467 e. The second-order valence-electron chi connectivity index (χ2n) is 3.86. The Kier molecular flexibility index (Phi) is 3.11. The lowest BCUT2D eigenvalue weighted by molar-refractivity contribution is -0.0575. The van der Waals surface area contributed by atoms with Crippen molar-refractivity contribution in [3.63, 3.8) is 0 Å². The molecule has 84 valence electrons. The zero-order valence-corrected chi connectivity index (χ0v) is 9.77. The van der Waals surface area contributed by atoms with Gasteiger partial charge >= 0.3 is 0 Å². The van der Waals surface area contributed by atoms with E-state index in [1.807, 2.05) is 11.0 Å². The zero-order chi connectivity index (χ0) is 10.9. The fourth-order valence-corrected chi connectivity index (χ4v) is 2.04. The quantitative estimate of drug-likeness (QED) is 0.826. The summed E-state index contributed by atoms with van der Waals surface area (Å²) in [5.74, 6) is -1.66. The Morgan fingerprint density at radius 2 is 2.07 bits per heavy atom. The molecule has 2 heterocycles. The third-order valence-corrected chi connectivity index (χ3v) is 3.00. The van der Waals surface area contributed by atoms with Gasteiger partial charge in [0.2, 0.25) is 0 Å². The summed E-state index contributed by atoms with van der Waals surface area (Å²) < 4.78 is 31.9. The summed E-state index contributed by atoms with van der Waals surface area (Å²) in [5, 5.41) is 0. The normalized spacial score (nSPS) is 21.8. The Morgan fingerprint density at radius 1 is 1.40 bits per heavy atom. The van der Waals surface area contributed by atoms with Crippen LogP contribution in [0.3, 0.4) is 0 Å². The maximum Gasteiger partial charge on any atom is 0.250 e. The topological polar surface area (TPSA) is 16.4 Å². The van der Waals surface area contributed by atoms with E-state index in [9.17, 15) is 8.78 Å². The number of halogens is 3. The Morgan fingerprint density at radius 3 is 2.60 bits per heavy atom. The van der Waals surface area contributed by atoms with E-state index in [0.717, 1.165) is 10.2 Å². The van der Waals surface area contributed by atoms with Gasteiger partial charge in [0.25, 0.3) is 5.92 Å². The molecule has 0 aliphatic carbocycles. The second kappa shape index (κ2) is 4.22. The number of rotatable bonds is 2. The molecule has 1 fully saturated rings. The van der Waals surface area contributed by atoms with Crippen LogP contribution >= 0.6 is 15.9 Å². The summed E-state index contributed by atoms with van der Waals surface area (Å²) in [7, 11) is 0. The van der Waals surface area contributed by atoms with Crippen molar-refractivity contribution in [1.82, 2.24) is 4.90 Å². The summed E-state index contributed by atoms with van der Waals surface area (Å²) in [6.45, 7) is 1.48. The van der Waals surface area contributed by atoms with E-state index in [2.05, 4.69) is 15.9 Å². The monoisotopic (exact) mass is 279 g/mol. The lowest BCUT2D eigenvalue weighted by Crippen LogP contribution is -2.38. The average molecular weight is 280 g/mol. The van der Waals surface area contributed by atoms with Gasteiger partial charge in [0, 0.05) is 25.9 Å². The van der Waals surface area contributed by atoms with Crippen molar-refractivity contribution in [3.8, 4) is 0 Å². The zero-order valence-electron chi connectivity index (χ0n) is 8.18. The van der Waals surface area contributed by atoms with Crippen LogP contribution in [0.2, 0.25) is 0 Å². The summed E-state index contributed by atoms with van der Waals surface area (Å²) >= 11 is 3.28. The maximum atomic E-state index is 12.9. The highest BCUT2D eigenvalue weighted by Gasteiger charge is 2.33. The van der Waals surface area contributed by atoms with Crippen molar-refractivity contribution < 1.29 is 13.2 Å². The standard InChI is InChI=1S/C10H12BrF2NO/c11-8-5-9(15-7-8)6-14-3-1-10(12,13)2-4-14/h5,7H,1-4,6H2. The summed E-state index contributed by atoms with van der Waals surface area (Å²) in [6, 6.07) is 1.87. The van der Waals surface area contributed by atoms with E-state index in [0.29, 0.717) is 19.6 Å². The van der Waals surface area contributed by atoms with Crippen LogP contribution in [-0.4, -0.2) is 23.9 Å². The number of likely N-dealkylation sites (tertiary alicyclic amines) is 1. The number of alkyl halides is 2. The predicted octanol–water partition coefficient (Wildman–Crippen LogP) is 3.27. The SMILES string of the molecule is FC1(F)CCN(Cc2cc(Br)co2)CC1. The van der Waals surface area contributed by atoms with Crippen molar-refractivity contribution in [2.24, 2.45) is 0 Å². The molecule has 5 heteroatoms. The molecule has 1 saturated heterocycles. The van der Waals surface area contributed by atoms with Crippen LogP contribution in [0.5, 0.6) is 0 Å². The molecule has 1 aliphatic rings. The third-order valence-electron chi connectivity index (χ3n) is 2.59. The van der Waals surface area contributed by atoms with Crippen molar-refractivity contribution in [2.45, 2.75) is 25.3 Å². The van der Waals surface area contributed by atoms with Crippen molar-refractivity contribution in [1.29, 1.82) is 0 Å². The van der Waals surface area contributed by atoms with E-state index in [1.165, 1.54) is 0 Å². The largest absolute Gasteiger partial charge is 0.467 e. The van der Waals surface area contributed by atoms with Crippen LogP contribution in [-0.2, 0) is 6.54 Å². The number of hydrogen-bond acceptors (Lipinski definition) is 2. The van der Waals surface area contributed by atoms with Gasteiger partial charge in [-0.25, -0.2) is 8.78 Å². The first-order valence-corrected chi connectivity index (χ1v) is 5.68. The first-order chi connectivity index (χ1) is 7.05. The summed E-state index contributed by atoms with van der Waals surface area (Å²) in [5.41, 5.74) is 0. The molecule has 0 bridgehead atoms. The maximum absolute atomic E-state index is 12.9. The van der Waals surface area contributed by atoms with E-state index >= 15 is 0 Å². The van der Waals surface area contributed by atoms with E-state index in [-0.39, 0.29) is 12.8 Å². The molecule has 0 saturated carbocycles. The van der Waals surface area contributed by atoms with E-state index in [1.54, 1.807) is 6.26 Å². The molecule has 0 amide bonds. The Hall–Kier alpha value is -0.420. The molecule has 1 aromatic heterocycles. The number of furan rings is 1. The van der Waals surface area contributed by atoms with Gasteiger partial charge in [0.05, 0.1) is 11.0 Å². The first kappa shape index (κ1) is 11.1. The summed E-state index contributed by atoms with van der Waals surface area (Å²) in [6.07, 6.45) is 1.51. The van der Waals surface area contributed by atoms with Crippen LogP contribution in [0, 0.1) is 0 Å². The van der Waals surface area contributed by atoms with Crippen LogP contribution in [0.25, 0.3) is 0 Å². The van der Waals surface area contributed by atoms with E-state index in [4.69, 9.17) is 4.42 Å². The van der Waals surface area contributed by atoms with Crippen molar-refractivity contribution in [3.05, 3.63) is 22.6 Å². The fraction of sp³-hybridized carbons (Fsp3) is 0.600. The highest BCUT2D eigenvalue weighted by molar-refractivity contribution is 9.10. The van der Waals surface area contributed by atoms with Crippen molar-refractivity contribution >= 4 is 15.9 Å². The first-order valence-electron chi connectivity index (χ1n) is 4.88. The summed E-state index contributed by atoms with van der Waals surface area (Å²) in [4.78, 5) is 1.99. The Bertz CT molecular complexity index is 330. The molecule has 2 rings (SSSR count). The highest BCUT2D eigenvalue weighted by atomic mass is 79.9. The molecule has 0 atom stereocenters. The molecule has 1 aliphatic heterocycles. The minimum absolute atomic E-state index is 0.0467. The van der Waals surface area contributed by atoms with Crippen LogP contribution in [0.15, 0.2) is 21.2 Å². The second-order valence-corrected chi connectivity index (χ2v) is 4.78. The van der Waals surface area contributed by atoms with Gasteiger partial charge in [-0.2, -0.15) is 0 Å². The lowest BCUT2D eigenvalue weighted by atomic mass is 10.1. The molecular formula is C10H12BrF2NO. The van der Waals surface area contributed by atoms with Gasteiger partial charge in [-0.05, 0) is 22.0 Å².